The summed E-state index contributed by atoms with van der Waals surface area (Å²) in [5.41, 5.74) is 16.6. The van der Waals surface area contributed by atoms with Crippen molar-refractivity contribution in [1.82, 2.24) is 40.0 Å². The van der Waals surface area contributed by atoms with E-state index in [4.69, 9.17) is 35.5 Å². The zero-order valence-electron chi connectivity index (χ0n) is 35.1. The highest BCUT2D eigenvalue weighted by molar-refractivity contribution is 8.01. The fourth-order valence-electron chi connectivity index (χ4n) is 5.74. The Morgan fingerprint density at radius 1 is 0.703 bits per heavy atom. The molecule has 0 radical (unpaired) electrons. The van der Waals surface area contributed by atoms with Gasteiger partial charge in [0.2, 0.25) is 0 Å². The number of hydrogen-bond acceptors (Lipinski definition) is 24. The van der Waals surface area contributed by atoms with E-state index in [9.17, 15) is 19.2 Å². The minimum Gasteiger partial charge on any atom is -0.465 e. The molecule has 0 bridgehead atoms. The number of aryl methyl sites for hydroxylation is 1. The Morgan fingerprint density at radius 3 is 1.64 bits per heavy atom. The molecule has 0 aliphatic carbocycles. The van der Waals surface area contributed by atoms with Crippen LogP contribution in [0.4, 0.5) is 33.3 Å². The highest BCUT2D eigenvalue weighted by atomic mass is 32.2. The molecular formula is C38H40N14O8S4. The van der Waals surface area contributed by atoms with Crippen molar-refractivity contribution in [3.63, 3.8) is 0 Å². The van der Waals surface area contributed by atoms with Gasteiger partial charge in [0.15, 0.2) is 31.7 Å². The second-order valence-electron chi connectivity index (χ2n) is 14.2. The number of thioether (sulfide) groups is 2. The van der Waals surface area contributed by atoms with Gasteiger partial charge in [0.1, 0.15) is 13.2 Å². The van der Waals surface area contributed by atoms with Crippen LogP contribution in [0.3, 0.4) is 0 Å². The maximum absolute atomic E-state index is 12.4. The average Bonchev–Trinajstić information content (AvgIpc) is 4.08. The predicted octanol–water partition coefficient (Wildman–Crippen LogP) is 7.56. The molecule has 0 aliphatic rings. The summed E-state index contributed by atoms with van der Waals surface area (Å²) in [4.78, 5) is 46.4. The molecule has 4 aromatic heterocycles. The number of nitrogens with zero attached hydrogens (tertiary/aromatic N) is 12. The number of azo groups is 2. The molecule has 0 saturated carbocycles. The van der Waals surface area contributed by atoms with Crippen LogP contribution in [0, 0.1) is 6.92 Å². The molecule has 64 heavy (non-hydrogen) atoms. The zero-order chi connectivity index (χ0) is 46.0. The third-order valence-corrected chi connectivity index (χ3v) is 12.6. The number of carbonyl (C=O) groups is 4. The first-order chi connectivity index (χ1) is 30.7. The number of nitrogen functional groups attached to an aromatic ring is 2. The number of hydrogen-bond donors (Lipinski definition) is 2. The van der Waals surface area contributed by atoms with Gasteiger partial charge in [-0.3, -0.25) is 9.59 Å². The monoisotopic (exact) mass is 948 g/mol. The summed E-state index contributed by atoms with van der Waals surface area (Å²) in [6, 6.07) is 9.60. The third-order valence-electron chi connectivity index (χ3n) is 8.59. The Hall–Kier alpha value is -6.64. The van der Waals surface area contributed by atoms with E-state index in [1.54, 1.807) is 43.3 Å². The van der Waals surface area contributed by atoms with Crippen LogP contribution in [0.25, 0.3) is 11.4 Å². The highest BCUT2D eigenvalue weighted by Crippen LogP contribution is 2.39. The molecule has 4 N–H and O–H groups in total. The van der Waals surface area contributed by atoms with Gasteiger partial charge in [0, 0.05) is 16.9 Å². The van der Waals surface area contributed by atoms with E-state index in [0.717, 1.165) is 17.9 Å². The zero-order valence-corrected chi connectivity index (χ0v) is 38.3. The van der Waals surface area contributed by atoms with Crippen molar-refractivity contribution in [1.29, 1.82) is 0 Å². The predicted molar refractivity (Wildman–Crippen MR) is 238 cm³/mol. The lowest BCUT2D eigenvalue weighted by Crippen LogP contribution is -2.13. The van der Waals surface area contributed by atoms with Crippen LogP contribution in [0.15, 0.2) is 65.5 Å². The van der Waals surface area contributed by atoms with Crippen molar-refractivity contribution >= 4 is 104 Å². The molecule has 26 heteroatoms. The van der Waals surface area contributed by atoms with Gasteiger partial charge in [-0.25, -0.2) is 19.0 Å². The molecule has 0 aliphatic heterocycles. The quantitative estimate of drug-likeness (QED) is 0.0186. The lowest BCUT2D eigenvalue weighted by Gasteiger charge is -2.15. The van der Waals surface area contributed by atoms with Crippen molar-refractivity contribution in [2.75, 3.05) is 37.2 Å². The third kappa shape index (κ3) is 11.5. The van der Waals surface area contributed by atoms with Crippen molar-refractivity contribution < 1.29 is 38.1 Å². The summed E-state index contributed by atoms with van der Waals surface area (Å²) in [6.07, 6.45) is 0.822. The Bertz CT molecular complexity index is 2720. The molecule has 0 atom stereocenters. The fraction of sp³-hybridized carbons (Fsp3) is 0.316. The second-order valence-corrected chi connectivity index (χ2v) is 18.8. The van der Waals surface area contributed by atoms with Gasteiger partial charge < -0.3 is 30.4 Å². The van der Waals surface area contributed by atoms with E-state index >= 15 is 0 Å². The highest BCUT2D eigenvalue weighted by Gasteiger charge is 2.28. The molecule has 0 fully saturated rings. The van der Waals surface area contributed by atoms with Gasteiger partial charge in [0.25, 0.3) is 23.2 Å². The summed E-state index contributed by atoms with van der Waals surface area (Å²) in [5, 5.41) is 44.0. The van der Waals surface area contributed by atoms with Gasteiger partial charge in [-0.1, -0.05) is 67.0 Å². The molecule has 6 aromatic rings. The average molecular weight is 949 g/mol. The number of anilines is 2. The van der Waals surface area contributed by atoms with Crippen molar-refractivity contribution in [3.8, 4) is 11.4 Å². The minimum absolute atomic E-state index is 0.0695. The van der Waals surface area contributed by atoms with Crippen LogP contribution < -0.4 is 11.5 Å². The van der Waals surface area contributed by atoms with E-state index in [1.165, 1.54) is 69.8 Å². The van der Waals surface area contributed by atoms with Crippen LogP contribution in [-0.2, 0) is 47.2 Å². The van der Waals surface area contributed by atoms with E-state index in [1.807, 2.05) is 20.8 Å². The van der Waals surface area contributed by atoms with Crippen LogP contribution in [0.5, 0.6) is 0 Å². The Balaban J connectivity index is 1.04. The largest absolute Gasteiger partial charge is 0.465 e. The fourth-order valence-corrected chi connectivity index (χ4v) is 9.27. The number of methoxy groups -OCH3 is 2. The standard InChI is InChI=1S/C38H40N14O8S4/c1-20-27(30(39)51(49-20)25-12-21(16-59-18-53)10-23(14-25)32(55)57-5)41-43-34-45-47-36(63-34)61-8-7-9-62-37-48-46-35(64-37)44-42-28-29(38(2,3)4)50-52(31(28)40)26-13-22(17-60-19-54)11-24(15-26)33(56)58-6/h10-15,18-19H,7-9,16-17,39-40H2,1-6H3. The molecule has 0 unspecified atom stereocenters. The first kappa shape index (κ1) is 46.9. The summed E-state index contributed by atoms with van der Waals surface area (Å²) in [6.45, 7) is 8.08. The SMILES string of the molecule is COC(=O)c1cc(COC=O)cc(-n2nc(C)c(N=Nc3nnc(SCCCSc4nnc(N=Nc5c(C(C)(C)C)nn(-c6cc(COC=O)cc(C(=O)OC)c6)c5N)s4)s3)c2N)c1. The Morgan fingerprint density at radius 2 is 1.17 bits per heavy atom. The van der Waals surface area contributed by atoms with E-state index < -0.39 is 17.4 Å². The number of carbonyl (C=O) groups excluding carboxylic acids is 4. The molecular weight excluding hydrogens is 909 g/mol. The number of nitrogens with two attached hydrogens (primary N) is 2. The first-order valence-electron chi connectivity index (χ1n) is 18.8. The van der Waals surface area contributed by atoms with E-state index in [0.29, 0.717) is 77.2 Å². The first-order valence-corrected chi connectivity index (χ1v) is 22.4. The van der Waals surface area contributed by atoms with Crippen LogP contribution in [-0.4, -0.2) is 90.6 Å². The van der Waals surface area contributed by atoms with Gasteiger partial charge in [0.05, 0.1) is 48.1 Å². The molecule has 4 heterocycles. The normalized spacial score (nSPS) is 11.7. The van der Waals surface area contributed by atoms with Crippen molar-refractivity contribution in [2.24, 2.45) is 20.5 Å². The van der Waals surface area contributed by atoms with Gasteiger partial charge in [-0.15, -0.1) is 40.9 Å². The van der Waals surface area contributed by atoms with Crippen LogP contribution in [0.1, 0.15) is 70.4 Å². The maximum atomic E-state index is 12.4. The topological polar surface area (TPSA) is 294 Å². The number of esters is 2. The molecule has 0 saturated heterocycles. The van der Waals surface area contributed by atoms with Crippen molar-refractivity contribution in [3.05, 3.63) is 70.0 Å². The van der Waals surface area contributed by atoms with Crippen LogP contribution in [0.2, 0.25) is 0 Å². The molecule has 0 amide bonds. The summed E-state index contributed by atoms with van der Waals surface area (Å²) in [5.74, 6) is 0.675. The van der Waals surface area contributed by atoms with Gasteiger partial charge in [-0.2, -0.15) is 10.2 Å². The number of rotatable bonds is 20. The lowest BCUT2D eigenvalue weighted by atomic mass is 9.91. The summed E-state index contributed by atoms with van der Waals surface area (Å²) < 4.78 is 23.8. The lowest BCUT2D eigenvalue weighted by molar-refractivity contribution is -0.130. The van der Waals surface area contributed by atoms with Crippen LogP contribution >= 0.6 is 46.2 Å². The molecule has 334 valence electrons. The molecule has 0 spiro atoms. The number of aromatic nitrogens is 8. The minimum atomic E-state index is -0.583. The molecule has 22 nitrogen and oxygen atoms in total. The summed E-state index contributed by atoms with van der Waals surface area (Å²) in [7, 11) is 2.53. The molecule has 6 rings (SSSR count). The molecule has 2 aromatic carbocycles. The van der Waals surface area contributed by atoms with E-state index in [-0.39, 0.29) is 36.0 Å². The number of benzene rings is 2. The Labute approximate surface area is 381 Å². The van der Waals surface area contributed by atoms with E-state index in [2.05, 4.69) is 46.0 Å². The van der Waals surface area contributed by atoms with Gasteiger partial charge in [-0.05, 0) is 60.9 Å². The van der Waals surface area contributed by atoms with Gasteiger partial charge >= 0.3 is 11.9 Å². The van der Waals surface area contributed by atoms with Crippen molar-refractivity contribution in [2.45, 2.75) is 61.4 Å². The summed E-state index contributed by atoms with van der Waals surface area (Å²) >= 11 is 5.62. The second kappa shape index (κ2) is 21.2. The maximum Gasteiger partial charge on any atom is 0.337 e. The number of ether oxygens (including phenoxy) is 4. The Kier molecular flexibility index (Phi) is 15.5. The smallest absolute Gasteiger partial charge is 0.337 e.